The molecule has 2 aromatic rings. The molecule has 2 amide bonds. The molecule has 0 heterocycles. The molecular formula is C18H17IN2O2. The van der Waals surface area contributed by atoms with E-state index in [1.165, 1.54) is 0 Å². The first kappa shape index (κ1) is 16.0. The maximum Gasteiger partial charge on any atom is 0.252 e. The van der Waals surface area contributed by atoms with Crippen molar-refractivity contribution in [2.24, 2.45) is 0 Å². The van der Waals surface area contributed by atoms with E-state index in [1.807, 2.05) is 36.4 Å². The van der Waals surface area contributed by atoms with Gasteiger partial charge in [0.05, 0.1) is 5.56 Å². The van der Waals surface area contributed by atoms with Gasteiger partial charge >= 0.3 is 0 Å². The minimum atomic E-state index is -0.0921. The van der Waals surface area contributed by atoms with Gasteiger partial charge in [-0.3, -0.25) is 9.59 Å². The second-order valence-electron chi connectivity index (χ2n) is 5.61. The second kappa shape index (κ2) is 7.12. The molecule has 0 spiro atoms. The van der Waals surface area contributed by atoms with Crippen molar-refractivity contribution < 1.29 is 9.59 Å². The summed E-state index contributed by atoms with van der Waals surface area (Å²) >= 11 is 2.15. The van der Waals surface area contributed by atoms with Crippen molar-refractivity contribution in [3.05, 3.63) is 68.8 Å². The van der Waals surface area contributed by atoms with Crippen LogP contribution in [0.2, 0.25) is 0 Å². The average Bonchev–Trinajstić information content (AvgIpc) is 3.37. The van der Waals surface area contributed by atoms with E-state index in [0.717, 1.165) is 22.0 Å². The van der Waals surface area contributed by atoms with Crippen LogP contribution in [0.15, 0.2) is 48.5 Å². The highest BCUT2D eigenvalue weighted by Crippen LogP contribution is 2.19. The molecule has 0 radical (unpaired) electrons. The lowest BCUT2D eigenvalue weighted by molar-refractivity contribution is 0.0941. The van der Waals surface area contributed by atoms with Crippen LogP contribution in [-0.2, 0) is 6.54 Å². The Bertz CT molecular complexity index is 724. The summed E-state index contributed by atoms with van der Waals surface area (Å²) in [5.41, 5.74) is 2.30. The molecule has 2 aromatic carbocycles. The third-order valence-corrected chi connectivity index (χ3v) is 4.64. The SMILES string of the molecule is O=C(NC1CC1)c1ccc(CNC(=O)c2ccccc2I)cc1. The molecule has 0 aliphatic heterocycles. The number of carbonyl (C=O) groups is 2. The molecular weight excluding hydrogens is 403 g/mol. The standard InChI is InChI=1S/C18H17IN2O2/c19-16-4-2-1-3-15(16)18(23)20-11-12-5-7-13(8-6-12)17(22)21-14-9-10-14/h1-8,14H,9-11H2,(H,20,23)(H,21,22). The third-order valence-electron chi connectivity index (χ3n) is 3.70. The minimum absolute atomic E-state index is 0.0260. The van der Waals surface area contributed by atoms with Crippen molar-refractivity contribution >= 4 is 34.4 Å². The van der Waals surface area contributed by atoms with Crippen molar-refractivity contribution in [1.82, 2.24) is 10.6 Å². The quantitative estimate of drug-likeness (QED) is 0.731. The van der Waals surface area contributed by atoms with E-state index >= 15 is 0 Å². The minimum Gasteiger partial charge on any atom is -0.349 e. The van der Waals surface area contributed by atoms with E-state index in [9.17, 15) is 9.59 Å². The number of benzene rings is 2. The van der Waals surface area contributed by atoms with E-state index in [-0.39, 0.29) is 11.8 Å². The predicted octanol–water partition coefficient (Wildman–Crippen LogP) is 3.11. The second-order valence-corrected chi connectivity index (χ2v) is 6.77. The normalized spacial score (nSPS) is 13.4. The van der Waals surface area contributed by atoms with Crippen LogP contribution in [0.5, 0.6) is 0 Å². The van der Waals surface area contributed by atoms with Gasteiger partial charge in [-0.2, -0.15) is 0 Å². The van der Waals surface area contributed by atoms with Gasteiger partial charge < -0.3 is 10.6 Å². The summed E-state index contributed by atoms with van der Waals surface area (Å²) < 4.78 is 0.926. The fraction of sp³-hybridized carbons (Fsp3) is 0.222. The van der Waals surface area contributed by atoms with Crippen LogP contribution in [-0.4, -0.2) is 17.9 Å². The van der Waals surface area contributed by atoms with Crippen molar-refractivity contribution in [3.63, 3.8) is 0 Å². The number of nitrogens with one attached hydrogen (secondary N) is 2. The highest BCUT2D eigenvalue weighted by Gasteiger charge is 2.23. The Morgan fingerprint density at radius 3 is 2.35 bits per heavy atom. The molecule has 3 rings (SSSR count). The Balaban J connectivity index is 1.57. The summed E-state index contributed by atoms with van der Waals surface area (Å²) in [6.45, 7) is 0.439. The lowest BCUT2D eigenvalue weighted by Gasteiger charge is -2.08. The van der Waals surface area contributed by atoms with Crippen LogP contribution in [0.1, 0.15) is 39.1 Å². The van der Waals surface area contributed by atoms with Gasteiger partial charge in [0, 0.05) is 21.7 Å². The monoisotopic (exact) mass is 420 g/mol. The molecule has 1 saturated carbocycles. The first-order valence-corrected chi connectivity index (χ1v) is 8.64. The van der Waals surface area contributed by atoms with Crippen LogP contribution in [0.25, 0.3) is 0 Å². The fourth-order valence-electron chi connectivity index (χ4n) is 2.19. The van der Waals surface area contributed by atoms with Gasteiger partial charge in [-0.1, -0.05) is 24.3 Å². The van der Waals surface area contributed by atoms with Crippen LogP contribution >= 0.6 is 22.6 Å². The molecule has 0 bridgehead atoms. The fourth-order valence-corrected chi connectivity index (χ4v) is 2.83. The van der Waals surface area contributed by atoms with E-state index in [1.54, 1.807) is 12.1 Å². The molecule has 118 valence electrons. The molecule has 2 N–H and O–H groups in total. The molecule has 1 fully saturated rings. The van der Waals surface area contributed by atoms with E-state index in [2.05, 4.69) is 33.2 Å². The first-order chi connectivity index (χ1) is 11.1. The number of hydrogen-bond acceptors (Lipinski definition) is 2. The zero-order chi connectivity index (χ0) is 16.2. The van der Waals surface area contributed by atoms with Crippen LogP contribution in [0.4, 0.5) is 0 Å². The topological polar surface area (TPSA) is 58.2 Å². The molecule has 0 atom stereocenters. The molecule has 1 aliphatic carbocycles. The average molecular weight is 420 g/mol. The highest BCUT2D eigenvalue weighted by atomic mass is 127. The van der Waals surface area contributed by atoms with Gasteiger partial charge in [0.15, 0.2) is 0 Å². The van der Waals surface area contributed by atoms with E-state index in [4.69, 9.17) is 0 Å². The maximum atomic E-state index is 12.2. The van der Waals surface area contributed by atoms with Crippen molar-refractivity contribution in [2.75, 3.05) is 0 Å². The van der Waals surface area contributed by atoms with Crippen molar-refractivity contribution in [1.29, 1.82) is 0 Å². The van der Waals surface area contributed by atoms with Gasteiger partial charge in [0.25, 0.3) is 11.8 Å². The summed E-state index contributed by atoms with van der Waals surface area (Å²) in [5.74, 6) is -0.118. The zero-order valence-electron chi connectivity index (χ0n) is 12.5. The summed E-state index contributed by atoms with van der Waals surface area (Å²) in [4.78, 5) is 24.1. The van der Waals surface area contributed by atoms with Gasteiger partial charge in [-0.25, -0.2) is 0 Å². The number of hydrogen-bond donors (Lipinski definition) is 2. The summed E-state index contributed by atoms with van der Waals surface area (Å²) in [7, 11) is 0. The van der Waals surface area contributed by atoms with Gasteiger partial charge in [0.1, 0.15) is 0 Å². The first-order valence-electron chi connectivity index (χ1n) is 7.56. The predicted molar refractivity (Wildman–Crippen MR) is 97.3 cm³/mol. The highest BCUT2D eigenvalue weighted by molar-refractivity contribution is 14.1. The summed E-state index contributed by atoms with van der Waals surface area (Å²) in [5, 5.41) is 5.86. The van der Waals surface area contributed by atoms with Crippen LogP contribution < -0.4 is 10.6 Å². The molecule has 0 aromatic heterocycles. The van der Waals surface area contributed by atoms with E-state index in [0.29, 0.717) is 23.7 Å². The van der Waals surface area contributed by atoms with Crippen molar-refractivity contribution in [2.45, 2.75) is 25.4 Å². The molecule has 23 heavy (non-hydrogen) atoms. The third kappa shape index (κ3) is 4.31. The largest absolute Gasteiger partial charge is 0.349 e. The van der Waals surface area contributed by atoms with Gasteiger partial charge in [0.2, 0.25) is 0 Å². The number of carbonyl (C=O) groups excluding carboxylic acids is 2. The lowest BCUT2D eigenvalue weighted by atomic mass is 10.1. The molecule has 4 nitrogen and oxygen atoms in total. The van der Waals surface area contributed by atoms with Crippen molar-refractivity contribution in [3.8, 4) is 0 Å². The Labute approximate surface area is 148 Å². The lowest BCUT2D eigenvalue weighted by Crippen LogP contribution is -2.25. The Hall–Kier alpha value is -1.89. The van der Waals surface area contributed by atoms with Gasteiger partial charge in [-0.05, 0) is 65.3 Å². The molecule has 5 heteroatoms. The zero-order valence-corrected chi connectivity index (χ0v) is 14.7. The summed E-state index contributed by atoms with van der Waals surface area (Å²) in [6.07, 6.45) is 2.16. The Kier molecular flexibility index (Phi) is 4.95. The molecule has 0 saturated heterocycles. The number of halogens is 1. The number of rotatable bonds is 5. The Morgan fingerprint density at radius 2 is 1.70 bits per heavy atom. The van der Waals surface area contributed by atoms with E-state index < -0.39 is 0 Å². The number of amides is 2. The maximum absolute atomic E-state index is 12.2. The van der Waals surface area contributed by atoms with Gasteiger partial charge in [-0.15, -0.1) is 0 Å². The smallest absolute Gasteiger partial charge is 0.252 e. The Morgan fingerprint density at radius 1 is 1.00 bits per heavy atom. The van der Waals surface area contributed by atoms with Crippen LogP contribution in [0.3, 0.4) is 0 Å². The molecule has 1 aliphatic rings. The summed E-state index contributed by atoms with van der Waals surface area (Å²) in [6, 6.07) is 15.2. The van der Waals surface area contributed by atoms with Crippen LogP contribution in [0, 0.1) is 3.57 Å². The molecule has 0 unspecified atom stereocenters.